The first-order chi connectivity index (χ1) is 7.79. The molecule has 1 heterocycles. The van der Waals surface area contributed by atoms with E-state index in [1.54, 1.807) is 7.11 Å². The fourth-order valence-electron chi connectivity index (χ4n) is 2.02. The van der Waals surface area contributed by atoms with Crippen LogP contribution in [-0.2, 0) is 17.6 Å². The van der Waals surface area contributed by atoms with Crippen molar-refractivity contribution in [1.82, 2.24) is 9.97 Å². The van der Waals surface area contributed by atoms with Crippen LogP contribution < -0.4 is 5.73 Å². The van der Waals surface area contributed by atoms with Crippen LogP contribution in [0.15, 0.2) is 11.2 Å². The number of hydrogen-bond acceptors (Lipinski definition) is 5. The number of fused-ring (bicyclic) bond motifs is 1. The van der Waals surface area contributed by atoms with E-state index in [2.05, 4.69) is 15.0 Å². The van der Waals surface area contributed by atoms with Gasteiger partial charge in [0.1, 0.15) is 0 Å². The number of anilines is 1. The number of hydrogen-bond donors (Lipinski definition) is 1. The molecule has 0 aromatic carbocycles. The molecule has 0 bridgehead atoms. The van der Waals surface area contributed by atoms with E-state index in [4.69, 9.17) is 10.5 Å². The summed E-state index contributed by atoms with van der Waals surface area (Å²) in [7, 11) is 1.61. The summed E-state index contributed by atoms with van der Waals surface area (Å²) in [5, 5.41) is 0. The minimum atomic E-state index is 0.370. The van der Waals surface area contributed by atoms with E-state index in [9.17, 15) is 0 Å². The van der Waals surface area contributed by atoms with Crippen LogP contribution in [0.3, 0.4) is 0 Å². The van der Waals surface area contributed by atoms with Gasteiger partial charge in [-0.1, -0.05) is 0 Å². The second-order valence-corrected chi connectivity index (χ2v) is 4.02. The minimum Gasteiger partial charge on any atom is -0.487 e. The molecule has 16 heavy (non-hydrogen) atoms. The smallest absolute Gasteiger partial charge is 0.220 e. The third-order valence-corrected chi connectivity index (χ3v) is 2.81. The zero-order chi connectivity index (χ0) is 11.4. The van der Waals surface area contributed by atoms with Crippen molar-refractivity contribution in [3.63, 3.8) is 0 Å². The third kappa shape index (κ3) is 2.48. The lowest BCUT2D eigenvalue weighted by Crippen LogP contribution is -2.19. The summed E-state index contributed by atoms with van der Waals surface area (Å²) in [6.07, 6.45) is 6.38. The van der Waals surface area contributed by atoms with Gasteiger partial charge in [-0.3, -0.25) is 4.99 Å². The molecule has 0 spiro atoms. The Balaban J connectivity index is 2.01. The molecule has 5 nitrogen and oxygen atoms in total. The molecular weight excluding hydrogens is 204 g/mol. The van der Waals surface area contributed by atoms with Gasteiger partial charge in [-0.2, -0.15) is 0 Å². The highest BCUT2D eigenvalue weighted by molar-refractivity contribution is 5.45. The molecule has 5 heteroatoms. The van der Waals surface area contributed by atoms with Crippen LogP contribution in [0.1, 0.15) is 17.7 Å². The average molecular weight is 220 g/mol. The molecule has 1 aromatic rings. The van der Waals surface area contributed by atoms with Gasteiger partial charge in [0.05, 0.1) is 7.11 Å². The molecule has 0 amide bonds. The molecule has 0 saturated heterocycles. The van der Waals surface area contributed by atoms with Crippen molar-refractivity contribution in [3.8, 4) is 0 Å². The van der Waals surface area contributed by atoms with Gasteiger partial charge in [-0.15, -0.1) is 0 Å². The number of nitrogen functional groups attached to an aromatic ring is 1. The molecule has 1 unspecified atom stereocenters. The Morgan fingerprint density at radius 2 is 2.56 bits per heavy atom. The number of methoxy groups -OCH3 is 1. The summed E-state index contributed by atoms with van der Waals surface area (Å²) in [5.41, 5.74) is 7.86. The molecular formula is C11H16N4O. The number of aryl methyl sites for hydroxylation is 1. The van der Waals surface area contributed by atoms with E-state index in [1.807, 2.05) is 6.20 Å². The Morgan fingerprint density at radius 3 is 3.38 bits per heavy atom. The number of nitrogens with zero attached hydrogens (tertiary/aromatic N) is 3. The first-order valence-electron chi connectivity index (χ1n) is 5.41. The van der Waals surface area contributed by atoms with Crippen LogP contribution in [0, 0.1) is 5.92 Å². The monoisotopic (exact) mass is 220 g/mol. The van der Waals surface area contributed by atoms with Gasteiger partial charge in [0.15, 0.2) is 6.40 Å². The van der Waals surface area contributed by atoms with Crippen molar-refractivity contribution in [3.05, 3.63) is 17.5 Å². The van der Waals surface area contributed by atoms with Crippen molar-refractivity contribution in [2.24, 2.45) is 10.9 Å². The van der Waals surface area contributed by atoms with Crippen LogP contribution in [-0.4, -0.2) is 30.0 Å². The highest BCUT2D eigenvalue weighted by Gasteiger charge is 2.19. The van der Waals surface area contributed by atoms with Gasteiger partial charge in [0.25, 0.3) is 0 Å². The molecule has 0 radical (unpaired) electrons. The van der Waals surface area contributed by atoms with E-state index in [-0.39, 0.29) is 0 Å². The maximum Gasteiger partial charge on any atom is 0.220 e. The topological polar surface area (TPSA) is 73.4 Å². The number of rotatable bonds is 3. The number of ether oxygens (including phenoxy) is 1. The van der Waals surface area contributed by atoms with Crippen LogP contribution >= 0.6 is 0 Å². The summed E-state index contributed by atoms with van der Waals surface area (Å²) >= 11 is 0. The lowest BCUT2D eigenvalue weighted by molar-refractivity contribution is 0.411. The van der Waals surface area contributed by atoms with Crippen molar-refractivity contribution < 1.29 is 4.74 Å². The normalized spacial score (nSPS) is 19.7. The minimum absolute atomic E-state index is 0.370. The van der Waals surface area contributed by atoms with Crippen molar-refractivity contribution >= 4 is 12.3 Å². The Hall–Kier alpha value is -1.65. The molecule has 2 rings (SSSR count). The largest absolute Gasteiger partial charge is 0.487 e. The van der Waals surface area contributed by atoms with Gasteiger partial charge in [0, 0.05) is 18.4 Å². The molecule has 0 aliphatic heterocycles. The van der Waals surface area contributed by atoms with E-state index >= 15 is 0 Å². The van der Waals surface area contributed by atoms with E-state index in [0.717, 1.165) is 31.5 Å². The number of aliphatic imine (C=N–C) groups is 1. The van der Waals surface area contributed by atoms with Crippen LogP contribution in [0.25, 0.3) is 0 Å². The van der Waals surface area contributed by atoms with Crippen LogP contribution in [0.4, 0.5) is 5.95 Å². The summed E-state index contributed by atoms with van der Waals surface area (Å²) in [6.45, 7) is 0.803. The van der Waals surface area contributed by atoms with Crippen molar-refractivity contribution in [2.45, 2.75) is 19.3 Å². The maximum absolute atomic E-state index is 5.55. The predicted octanol–water partition coefficient (Wildman–Crippen LogP) is 0.838. The predicted molar refractivity (Wildman–Crippen MR) is 62.3 cm³/mol. The second-order valence-electron chi connectivity index (χ2n) is 4.02. The summed E-state index contributed by atoms with van der Waals surface area (Å²) in [4.78, 5) is 12.5. The van der Waals surface area contributed by atoms with Gasteiger partial charge < -0.3 is 10.5 Å². The quantitative estimate of drug-likeness (QED) is 0.605. The SMILES string of the molecule is CO/C=N\CC1CCc2nc(N)ncc2C1. The van der Waals surface area contributed by atoms with E-state index in [1.165, 1.54) is 12.0 Å². The molecule has 0 saturated carbocycles. The Bertz CT molecular complexity index is 392. The highest BCUT2D eigenvalue weighted by atomic mass is 16.5. The molecule has 1 aliphatic carbocycles. The van der Waals surface area contributed by atoms with Crippen LogP contribution in [0.5, 0.6) is 0 Å². The molecule has 1 aromatic heterocycles. The lowest BCUT2D eigenvalue weighted by atomic mass is 9.87. The highest BCUT2D eigenvalue weighted by Crippen LogP contribution is 2.24. The summed E-state index contributed by atoms with van der Waals surface area (Å²) in [5.74, 6) is 0.931. The standard InChI is InChI=1S/C11H16N4O/c1-16-7-13-5-8-2-3-10-9(4-8)6-14-11(12)15-10/h6-8H,2-5H2,1H3,(H2,12,14,15)/b13-7-. The van der Waals surface area contributed by atoms with Gasteiger partial charge in [-0.05, 0) is 30.7 Å². The molecule has 1 aliphatic rings. The van der Waals surface area contributed by atoms with Crippen molar-refractivity contribution in [2.75, 3.05) is 19.4 Å². The third-order valence-electron chi connectivity index (χ3n) is 2.81. The van der Waals surface area contributed by atoms with Gasteiger partial charge >= 0.3 is 0 Å². The van der Waals surface area contributed by atoms with Gasteiger partial charge in [0.2, 0.25) is 5.95 Å². The first-order valence-corrected chi connectivity index (χ1v) is 5.41. The van der Waals surface area contributed by atoms with E-state index < -0.39 is 0 Å². The summed E-state index contributed by atoms with van der Waals surface area (Å²) in [6, 6.07) is 0. The van der Waals surface area contributed by atoms with Crippen LogP contribution in [0.2, 0.25) is 0 Å². The number of nitrogens with two attached hydrogens (primary N) is 1. The van der Waals surface area contributed by atoms with Gasteiger partial charge in [-0.25, -0.2) is 9.97 Å². The zero-order valence-electron chi connectivity index (χ0n) is 9.39. The maximum atomic E-state index is 5.55. The molecule has 2 N–H and O–H groups in total. The van der Waals surface area contributed by atoms with E-state index in [0.29, 0.717) is 11.9 Å². The fraction of sp³-hybridized carbons (Fsp3) is 0.545. The Labute approximate surface area is 94.8 Å². The molecule has 0 fully saturated rings. The zero-order valence-corrected chi connectivity index (χ0v) is 9.39. The molecule has 1 atom stereocenters. The second kappa shape index (κ2) is 4.92. The lowest BCUT2D eigenvalue weighted by Gasteiger charge is -2.21. The first kappa shape index (κ1) is 10.9. The Kier molecular flexibility index (Phi) is 3.34. The molecule has 86 valence electrons. The fourth-order valence-corrected chi connectivity index (χ4v) is 2.02. The average Bonchev–Trinajstić information content (AvgIpc) is 2.29. The Morgan fingerprint density at radius 1 is 1.69 bits per heavy atom. The van der Waals surface area contributed by atoms with Crippen molar-refractivity contribution in [1.29, 1.82) is 0 Å². The number of aromatic nitrogens is 2. The summed E-state index contributed by atoms with van der Waals surface area (Å²) < 4.78 is 4.79.